The average molecular weight is 225 g/mol. The van der Waals surface area contributed by atoms with E-state index in [0.29, 0.717) is 0 Å². The van der Waals surface area contributed by atoms with Gasteiger partial charge in [-0.05, 0) is 32.9 Å². The summed E-state index contributed by atoms with van der Waals surface area (Å²) in [6.45, 7) is 4.32. The summed E-state index contributed by atoms with van der Waals surface area (Å²) in [6, 6.07) is 0. The largest absolute Gasteiger partial charge is 0.305 e. The van der Waals surface area contributed by atoms with Crippen LogP contribution >= 0.6 is 0 Å². The molecule has 0 heterocycles. The van der Waals surface area contributed by atoms with Crippen molar-refractivity contribution < 1.29 is 4.79 Å². The molecule has 0 aromatic rings. The Morgan fingerprint density at radius 2 is 1.81 bits per heavy atom. The van der Waals surface area contributed by atoms with E-state index >= 15 is 0 Å². The van der Waals surface area contributed by atoms with Crippen molar-refractivity contribution in [2.45, 2.75) is 58.3 Å². The van der Waals surface area contributed by atoms with Gasteiger partial charge in [-0.3, -0.25) is 0 Å². The molecule has 0 aromatic carbocycles. The Balaban J connectivity index is 2.47. The van der Waals surface area contributed by atoms with E-state index in [9.17, 15) is 4.79 Å². The lowest BCUT2D eigenvalue weighted by atomic mass is 9.81. The zero-order valence-corrected chi connectivity index (χ0v) is 11.0. The zero-order valence-electron chi connectivity index (χ0n) is 11.0. The van der Waals surface area contributed by atoms with Crippen molar-refractivity contribution in [3.05, 3.63) is 0 Å². The summed E-state index contributed by atoms with van der Waals surface area (Å²) in [6.07, 6.45) is 11.0. The summed E-state index contributed by atoms with van der Waals surface area (Å²) in [7, 11) is 2.16. The van der Waals surface area contributed by atoms with Crippen LogP contribution in [0.5, 0.6) is 0 Å². The molecule has 1 fully saturated rings. The predicted octanol–water partition coefficient (Wildman–Crippen LogP) is 3.26. The minimum absolute atomic E-state index is 0.0288. The molecule has 0 amide bonds. The van der Waals surface area contributed by atoms with Gasteiger partial charge >= 0.3 is 0 Å². The van der Waals surface area contributed by atoms with Crippen LogP contribution in [0, 0.1) is 5.41 Å². The highest BCUT2D eigenvalue weighted by atomic mass is 16.1. The van der Waals surface area contributed by atoms with Crippen LogP contribution in [0.25, 0.3) is 0 Å². The molecule has 0 aliphatic heterocycles. The number of aldehydes is 1. The van der Waals surface area contributed by atoms with Crippen molar-refractivity contribution in [2.75, 3.05) is 20.1 Å². The van der Waals surface area contributed by atoms with Gasteiger partial charge in [-0.1, -0.05) is 39.0 Å². The van der Waals surface area contributed by atoms with Crippen LogP contribution in [0.15, 0.2) is 0 Å². The van der Waals surface area contributed by atoms with Crippen LogP contribution in [0.4, 0.5) is 0 Å². The minimum Gasteiger partial charge on any atom is -0.305 e. The standard InChI is InChI=1S/C14H27NO/c1-3-4-11-15(2)12-14(13-16)9-7-5-6-8-10-14/h13H,3-12H2,1-2H3. The first-order valence-corrected chi connectivity index (χ1v) is 6.87. The fourth-order valence-corrected chi connectivity index (χ4v) is 2.79. The van der Waals surface area contributed by atoms with Gasteiger partial charge in [0.05, 0.1) is 0 Å². The second kappa shape index (κ2) is 7.05. The molecule has 2 heteroatoms. The van der Waals surface area contributed by atoms with Crippen molar-refractivity contribution in [1.82, 2.24) is 4.90 Å². The first-order chi connectivity index (χ1) is 7.72. The lowest BCUT2D eigenvalue weighted by Gasteiger charge is -2.31. The summed E-state index contributed by atoms with van der Waals surface area (Å²) in [5, 5.41) is 0. The lowest BCUT2D eigenvalue weighted by molar-refractivity contribution is -0.117. The molecule has 0 radical (unpaired) electrons. The van der Waals surface area contributed by atoms with Gasteiger partial charge in [0, 0.05) is 12.0 Å². The van der Waals surface area contributed by atoms with Crippen LogP contribution in [0.2, 0.25) is 0 Å². The maximum Gasteiger partial charge on any atom is 0.127 e. The van der Waals surface area contributed by atoms with Crippen molar-refractivity contribution in [3.63, 3.8) is 0 Å². The normalized spacial score (nSPS) is 20.7. The molecule has 1 aliphatic rings. The number of rotatable bonds is 6. The van der Waals surface area contributed by atoms with Gasteiger partial charge in [0.2, 0.25) is 0 Å². The topological polar surface area (TPSA) is 20.3 Å². The van der Waals surface area contributed by atoms with Gasteiger partial charge in [0.1, 0.15) is 6.29 Å². The fraction of sp³-hybridized carbons (Fsp3) is 0.929. The molecular formula is C14H27NO. The molecule has 1 aliphatic carbocycles. The van der Waals surface area contributed by atoms with Gasteiger partial charge in [-0.2, -0.15) is 0 Å². The summed E-state index contributed by atoms with van der Waals surface area (Å²) in [5.41, 5.74) is -0.0288. The molecule has 2 nitrogen and oxygen atoms in total. The van der Waals surface area contributed by atoms with Crippen molar-refractivity contribution in [2.24, 2.45) is 5.41 Å². The van der Waals surface area contributed by atoms with Gasteiger partial charge in [-0.25, -0.2) is 0 Å². The van der Waals surface area contributed by atoms with Gasteiger partial charge < -0.3 is 9.69 Å². The zero-order chi connectivity index (χ0) is 11.9. The van der Waals surface area contributed by atoms with Gasteiger partial charge in [-0.15, -0.1) is 0 Å². The van der Waals surface area contributed by atoms with E-state index in [1.807, 2.05) is 0 Å². The Kier molecular flexibility index (Phi) is 6.04. The van der Waals surface area contributed by atoms with E-state index in [-0.39, 0.29) is 5.41 Å². The Morgan fingerprint density at radius 1 is 1.19 bits per heavy atom. The molecule has 1 rings (SSSR count). The highest BCUT2D eigenvalue weighted by Gasteiger charge is 2.31. The monoisotopic (exact) mass is 225 g/mol. The molecule has 0 N–H and O–H groups in total. The van der Waals surface area contributed by atoms with E-state index in [4.69, 9.17) is 0 Å². The SMILES string of the molecule is CCCCN(C)CC1(C=O)CCCCCC1. The first kappa shape index (κ1) is 13.7. The molecule has 1 saturated carbocycles. The van der Waals surface area contributed by atoms with Gasteiger partial charge in [0.15, 0.2) is 0 Å². The maximum absolute atomic E-state index is 11.4. The smallest absolute Gasteiger partial charge is 0.127 e. The molecule has 0 atom stereocenters. The predicted molar refractivity (Wildman–Crippen MR) is 68.6 cm³/mol. The van der Waals surface area contributed by atoms with Crippen LogP contribution < -0.4 is 0 Å². The Hall–Kier alpha value is -0.370. The second-order valence-electron chi connectivity index (χ2n) is 5.49. The molecule has 0 unspecified atom stereocenters. The molecule has 0 spiro atoms. The summed E-state index contributed by atoms with van der Waals surface area (Å²) in [4.78, 5) is 13.8. The summed E-state index contributed by atoms with van der Waals surface area (Å²) < 4.78 is 0. The van der Waals surface area contributed by atoms with Crippen molar-refractivity contribution >= 4 is 6.29 Å². The fourth-order valence-electron chi connectivity index (χ4n) is 2.79. The van der Waals surface area contributed by atoms with Crippen molar-refractivity contribution in [1.29, 1.82) is 0 Å². The third-order valence-electron chi connectivity index (χ3n) is 3.83. The lowest BCUT2D eigenvalue weighted by Crippen LogP contribution is -2.37. The second-order valence-corrected chi connectivity index (χ2v) is 5.49. The molecule has 0 saturated heterocycles. The summed E-state index contributed by atoms with van der Waals surface area (Å²) in [5.74, 6) is 0. The van der Waals surface area contributed by atoms with E-state index < -0.39 is 0 Å². The third-order valence-corrected chi connectivity index (χ3v) is 3.83. The number of unbranched alkanes of at least 4 members (excludes halogenated alkanes) is 1. The van der Waals surface area contributed by atoms with Crippen LogP contribution in [0.1, 0.15) is 58.3 Å². The first-order valence-electron chi connectivity index (χ1n) is 6.87. The Bertz CT molecular complexity index is 195. The van der Waals surface area contributed by atoms with Crippen LogP contribution in [-0.4, -0.2) is 31.3 Å². The number of carbonyl (C=O) groups excluding carboxylic acids is 1. The van der Waals surface area contributed by atoms with Gasteiger partial charge in [0.25, 0.3) is 0 Å². The van der Waals surface area contributed by atoms with Crippen LogP contribution in [-0.2, 0) is 4.79 Å². The molecule has 0 aromatic heterocycles. The maximum atomic E-state index is 11.4. The van der Waals surface area contributed by atoms with E-state index in [1.54, 1.807) is 0 Å². The highest BCUT2D eigenvalue weighted by Crippen LogP contribution is 2.33. The number of carbonyl (C=O) groups is 1. The Morgan fingerprint density at radius 3 is 2.31 bits per heavy atom. The Labute approximate surface area is 100 Å². The number of nitrogens with zero attached hydrogens (tertiary/aromatic N) is 1. The average Bonchev–Trinajstić information content (AvgIpc) is 2.52. The summed E-state index contributed by atoms with van der Waals surface area (Å²) >= 11 is 0. The quantitative estimate of drug-likeness (QED) is 0.511. The van der Waals surface area contributed by atoms with E-state index in [2.05, 4.69) is 18.9 Å². The molecule has 16 heavy (non-hydrogen) atoms. The molecule has 0 bridgehead atoms. The van der Waals surface area contributed by atoms with Crippen LogP contribution in [0.3, 0.4) is 0 Å². The number of hydrogen-bond donors (Lipinski definition) is 0. The van der Waals surface area contributed by atoms with Crippen molar-refractivity contribution in [3.8, 4) is 0 Å². The third kappa shape index (κ3) is 4.25. The minimum atomic E-state index is -0.0288. The van der Waals surface area contributed by atoms with E-state index in [0.717, 1.165) is 25.9 Å². The molecular weight excluding hydrogens is 198 g/mol. The highest BCUT2D eigenvalue weighted by molar-refractivity contribution is 5.59. The van der Waals surface area contributed by atoms with E-state index in [1.165, 1.54) is 44.8 Å². The molecule has 94 valence electrons. The number of hydrogen-bond acceptors (Lipinski definition) is 2.